The molecule has 1 N–H and O–H groups in total. The Bertz CT molecular complexity index is 449. The van der Waals surface area contributed by atoms with E-state index < -0.39 is 20.3 Å². The quantitative estimate of drug-likeness (QED) is 0.810. The standard InChI is InChI=1S/C14H20F3NOSi/c1-19-12-7-5-11(6-8-12)18-13(14(15,16)17)9-10-20(2,3)4/h5-10,13,18H,1-4H3/b10-9+. The fraction of sp³-hybridized carbons (Fsp3) is 0.429. The molecule has 0 spiro atoms. The molecule has 0 radical (unpaired) electrons. The van der Waals surface area contributed by atoms with Gasteiger partial charge in [0.05, 0.1) is 15.2 Å². The number of halogens is 3. The van der Waals surface area contributed by atoms with Gasteiger partial charge in [0, 0.05) is 5.69 Å². The molecule has 0 amide bonds. The maximum atomic E-state index is 13.0. The predicted octanol–water partition coefficient (Wildman–Crippen LogP) is 4.47. The Kier molecular flexibility index (Phi) is 5.27. The summed E-state index contributed by atoms with van der Waals surface area (Å²) in [5.41, 5.74) is 2.11. The lowest BCUT2D eigenvalue weighted by molar-refractivity contribution is -0.132. The average Bonchev–Trinajstić information content (AvgIpc) is 2.32. The van der Waals surface area contributed by atoms with Crippen LogP contribution in [0.15, 0.2) is 36.0 Å². The first-order valence-corrected chi connectivity index (χ1v) is 9.86. The van der Waals surface area contributed by atoms with Crippen LogP contribution in [0.5, 0.6) is 5.75 Å². The second-order valence-corrected chi connectivity index (χ2v) is 10.7. The monoisotopic (exact) mass is 303 g/mol. The summed E-state index contributed by atoms with van der Waals surface area (Å²) in [5.74, 6) is 0.608. The van der Waals surface area contributed by atoms with E-state index in [0.29, 0.717) is 11.4 Å². The molecule has 1 rings (SSSR count). The minimum atomic E-state index is -4.32. The largest absolute Gasteiger partial charge is 0.497 e. The van der Waals surface area contributed by atoms with Crippen LogP contribution in [0, 0.1) is 0 Å². The Morgan fingerprint density at radius 3 is 2.10 bits per heavy atom. The molecule has 0 aliphatic carbocycles. The van der Waals surface area contributed by atoms with Gasteiger partial charge < -0.3 is 10.1 Å². The number of rotatable bonds is 5. The molecule has 0 saturated heterocycles. The van der Waals surface area contributed by atoms with Crippen molar-refractivity contribution < 1.29 is 17.9 Å². The van der Waals surface area contributed by atoms with Crippen molar-refractivity contribution in [3.8, 4) is 5.75 Å². The molecular formula is C14H20F3NOSi. The lowest BCUT2D eigenvalue weighted by atomic mass is 10.2. The van der Waals surface area contributed by atoms with E-state index in [1.165, 1.54) is 13.2 Å². The molecule has 0 fully saturated rings. The van der Waals surface area contributed by atoms with E-state index in [9.17, 15) is 13.2 Å². The molecule has 0 aliphatic rings. The summed E-state index contributed by atoms with van der Waals surface area (Å²) >= 11 is 0. The Labute approximate surface area is 118 Å². The van der Waals surface area contributed by atoms with Gasteiger partial charge >= 0.3 is 6.18 Å². The van der Waals surface area contributed by atoms with Gasteiger partial charge in [-0.15, -0.1) is 0 Å². The molecule has 0 saturated carbocycles. The molecule has 1 atom stereocenters. The SMILES string of the molecule is COc1ccc(NC(/C=C/[Si](C)(C)C)C(F)(F)F)cc1. The Morgan fingerprint density at radius 1 is 1.15 bits per heavy atom. The highest BCUT2D eigenvalue weighted by molar-refractivity contribution is 6.80. The van der Waals surface area contributed by atoms with E-state index in [1.54, 1.807) is 30.0 Å². The first kappa shape index (κ1) is 16.6. The number of alkyl halides is 3. The van der Waals surface area contributed by atoms with Crippen LogP contribution < -0.4 is 10.1 Å². The topological polar surface area (TPSA) is 21.3 Å². The van der Waals surface area contributed by atoms with Gasteiger partial charge in [0.15, 0.2) is 0 Å². The van der Waals surface area contributed by atoms with Gasteiger partial charge in [-0.05, 0) is 24.3 Å². The second-order valence-electron chi connectivity index (χ2n) is 5.62. The highest BCUT2D eigenvalue weighted by atomic mass is 28.3. The minimum Gasteiger partial charge on any atom is -0.497 e. The molecule has 6 heteroatoms. The number of hydrogen-bond donors (Lipinski definition) is 1. The molecule has 2 nitrogen and oxygen atoms in total. The number of methoxy groups -OCH3 is 1. The highest BCUT2D eigenvalue weighted by Gasteiger charge is 2.38. The number of hydrogen-bond acceptors (Lipinski definition) is 2. The van der Waals surface area contributed by atoms with Crippen LogP contribution in [0.2, 0.25) is 19.6 Å². The van der Waals surface area contributed by atoms with E-state index in [1.807, 2.05) is 19.6 Å². The van der Waals surface area contributed by atoms with Crippen LogP contribution in [0.3, 0.4) is 0 Å². The van der Waals surface area contributed by atoms with Gasteiger partial charge in [0.25, 0.3) is 0 Å². The lowest BCUT2D eigenvalue weighted by Crippen LogP contribution is -2.35. The van der Waals surface area contributed by atoms with Gasteiger partial charge in [0.1, 0.15) is 11.8 Å². The van der Waals surface area contributed by atoms with Gasteiger partial charge in [-0.1, -0.05) is 31.4 Å². The van der Waals surface area contributed by atoms with E-state index in [4.69, 9.17) is 4.74 Å². The third-order valence-electron chi connectivity index (χ3n) is 2.55. The van der Waals surface area contributed by atoms with Crippen molar-refractivity contribution in [1.29, 1.82) is 0 Å². The fourth-order valence-electron chi connectivity index (χ4n) is 1.49. The molecular weight excluding hydrogens is 283 g/mol. The smallest absolute Gasteiger partial charge is 0.412 e. The average molecular weight is 303 g/mol. The maximum Gasteiger partial charge on any atom is 0.412 e. The zero-order chi connectivity index (χ0) is 15.4. The summed E-state index contributed by atoms with van der Waals surface area (Å²) in [6, 6.07) is 4.71. The van der Waals surface area contributed by atoms with Gasteiger partial charge in [-0.25, -0.2) is 0 Å². The Balaban J connectivity index is 2.87. The van der Waals surface area contributed by atoms with Crippen LogP contribution in [-0.2, 0) is 0 Å². The molecule has 0 heterocycles. The van der Waals surface area contributed by atoms with Crippen molar-refractivity contribution in [2.45, 2.75) is 31.9 Å². The molecule has 0 bridgehead atoms. The van der Waals surface area contributed by atoms with Gasteiger partial charge in [0.2, 0.25) is 0 Å². The second kappa shape index (κ2) is 6.34. The molecule has 0 aromatic heterocycles. The van der Waals surface area contributed by atoms with Crippen LogP contribution >= 0.6 is 0 Å². The predicted molar refractivity (Wildman–Crippen MR) is 78.9 cm³/mol. The minimum absolute atomic E-state index is 0.411. The maximum absolute atomic E-state index is 13.0. The molecule has 1 aromatic carbocycles. The number of anilines is 1. The Hall–Kier alpha value is -1.43. The molecule has 112 valence electrons. The molecule has 20 heavy (non-hydrogen) atoms. The molecule has 1 unspecified atom stereocenters. The van der Waals surface area contributed by atoms with E-state index in [-0.39, 0.29) is 0 Å². The summed E-state index contributed by atoms with van der Waals surface area (Å²) in [6.45, 7) is 5.97. The van der Waals surface area contributed by atoms with Crippen LogP contribution in [0.4, 0.5) is 18.9 Å². The van der Waals surface area contributed by atoms with E-state index in [2.05, 4.69) is 5.32 Å². The van der Waals surface area contributed by atoms with Crippen molar-refractivity contribution in [3.63, 3.8) is 0 Å². The first-order chi connectivity index (χ1) is 9.12. The van der Waals surface area contributed by atoms with E-state index >= 15 is 0 Å². The highest BCUT2D eigenvalue weighted by Crippen LogP contribution is 2.26. The van der Waals surface area contributed by atoms with Crippen LogP contribution in [0.25, 0.3) is 0 Å². The third-order valence-corrected chi connectivity index (χ3v) is 3.75. The zero-order valence-electron chi connectivity index (χ0n) is 12.1. The lowest BCUT2D eigenvalue weighted by Gasteiger charge is -2.21. The van der Waals surface area contributed by atoms with Crippen molar-refractivity contribution in [1.82, 2.24) is 0 Å². The first-order valence-electron chi connectivity index (χ1n) is 6.28. The zero-order valence-corrected chi connectivity index (χ0v) is 13.1. The normalized spacial score (nSPS) is 14.3. The summed E-state index contributed by atoms with van der Waals surface area (Å²) in [6.07, 6.45) is -3.10. The molecule has 1 aromatic rings. The molecule has 0 aliphatic heterocycles. The fourth-order valence-corrected chi connectivity index (χ4v) is 2.26. The van der Waals surface area contributed by atoms with Gasteiger partial charge in [-0.2, -0.15) is 13.2 Å². The number of nitrogens with one attached hydrogen (secondary N) is 1. The van der Waals surface area contributed by atoms with Crippen molar-refractivity contribution in [3.05, 3.63) is 36.0 Å². The number of benzene rings is 1. The summed E-state index contributed by atoms with van der Waals surface area (Å²) < 4.78 is 44.0. The van der Waals surface area contributed by atoms with Crippen molar-refractivity contribution >= 4 is 13.8 Å². The summed E-state index contributed by atoms with van der Waals surface area (Å²) in [4.78, 5) is 0. The van der Waals surface area contributed by atoms with E-state index in [0.717, 1.165) is 0 Å². The summed E-state index contributed by atoms with van der Waals surface area (Å²) in [5, 5.41) is 2.50. The van der Waals surface area contributed by atoms with Crippen molar-refractivity contribution in [2.75, 3.05) is 12.4 Å². The third kappa shape index (κ3) is 5.69. The Morgan fingerprint density at radius 2 is 1.70 bits per heavy atom. The summed E-state index contributed by atoms with van der Waals surface area (Å²) in [7, 11) is -0.160. The van der Waals surface area contributed by atoms with Gasteiger partial charge in [-0.3, -0.25) is 0 Å². The van der Waals surface area contributed by atoms with Crippen LogP contribution in [-0.4, -0.2) is 27.4 Å². The van der Waals surface area contributed by atoms with Crippen molar-refractivity contribution in [2.24, 2.45) is 0 Å². The number of ether oxygens (including phenoxy) is 1. The van der Waals surface area contributed by atoms with Crippen LogP contribution in [0.1, 0.15) is 0 Å².